The summed E-state index contributed by atoms with van der Waals surface area (Å²) in [6.07, 6.45) is 7.56. The van der Waals surface area contributed by atoms with Crippen molar-refractivity contribution in [1.29, 1.82) is 0 Å². The molecule has 3 rings (SSSR count). The van der Waals surface area contributed by atoms with Gasteiger partial charge in [0.25, 0.3) is 0 Å². The van der Waals surface area contributed by atoms with E-state index in [1.807, 2.05) is 53.6 Å². The van der Waals surface area contributed by atoms with E-state index in [1.54, 1.807) is 6.20 Å². The molecule has 2 heterocycles. The zero-order valence-electron chi connectivity index (χ0n) is 12.3. The SMILES string of the molecule is C[C@H](NCc1cnn(-c2ccc(Cl)cc2)c1)c1cccnc1. The predicted molar refractivity (Wildman–Crippen MR) is 88.1 cm³/mol. The first kappa shape index (κ1) is 14.8. The summed E-state index contributed by atoms with van der Waals surface area (Å²) in [5.74, 6) is 0. The zero-order valence-corrected chi connectivity index (χ0v) is 13.0. The molecule has 0 unspecified atom stereocenters. The highest BCUT2D eigenvalue weighted by atomic mass is 35.5. The summed E-state index contributed by atoms with van der Waals surface area (Å²) in [6, 6.07) is 11.9. The Kier molecular flexibility index (Phi) is 4.51. The second-order valence-corrected chi connectivity index (χ2v) is 5.59. The lowest BCUT2D eigenvalue weighted by Crippen LogP contribution is -2.17. The summed E-state index contributed by atoms with van der Waals surface area (Å²) in [5, 5.41) is 8.59. The van der Waals surface area contributed by atoms with Crippen molar-refractivity contribution in [3.05, 3.63) is 77.3 Å². The maximum atomic E-state index is 5.90. The van der Waals surface area contributed by atoms with E-state index in [2.05, 4.69) is 28.4 Å². The predicted octanol–water partition coefficient (Wildman–Crippen LogP) is 3.77. The first-order valence-electron chi connectivity index (χ1n) is 7.15. The van der Waals surface area contributed by atoms with Gasteiger partial charge in [0.1, 0.15) is 0 Å². The van der Waals surface area contributed by atoms with Crippen LogP contribution in [0.5, 0.6) is 0 Å². The highest BCUT2D eigenvalue weighted by Crippen LogP contribution is 2.14. The monoisotopic (exact) mass is 312 g/mol. The van der Waals surface area contributed by atoms with E-state index in [1.165, 1.54) is 5.56 Å². The van der Waals surface area contributed by atoms with Crippen LogP contribution in [0.2, 0.25) is 5.02 Å². The van der Waals surface area contributed by atoms with E-state index < -0.39 is 0 Å². The molecule has 1 aromatic carbocycles. The Hall–Kier alpha value is -2.17. The number of benzene rings is 1. The van der Waals surface area contributed by atoms with Crippen molar-refractivity contribution in [2.75, 3.05) is 0 Å². The Labute approximate surface area is 134 Å². The number of nitrogens with zero attached hydrogens (tertiary/aromatic N) is 3. The molecule has 0 spiro atoms. The maximum absolute atomic E-state index is 5.90. The lowest BCUT2D eigenvalue weighted by Gasteiger charge is -2.12. The van der Waals surface area contributed by atoms with Crippen LogP contribution in [0.1, 0.15) is 24.1 Å². The van der Waals surface area contributed by atoms with Crippen LogP contribution in [-0.2, 0) is 6.54 Å². The third-order valence-electron chi connectivity index (χ3n) is 3.52. The van der Waals surface area contributed by atoms with Crippen LogP contribution in [0, 0.1) is 0 Å². The molecule has 112 valence electrons. The summed E-state index contributed by atoms with van der Waals surface area (Å²) >= 11 is 5.90. The van der Waals surface area contributed by atoms with Crippen LogP contribution in [0.4, 0.5) is 0 Å². The third kappa shape index (κ3) is 3.53. The zero-order chi connectivity index (χ0) is 15.4. The van der Waals surface area contributed by atoms with Crippen molar-refractivity contribution in [2.45, 2.75) is 19.5 Å². The molecule has 5 heteroatoms. The van der Waals surface area contributed by atoms with Gasteiger partial charge in [0.05, 0.1) is 11.9 Å². The summed E-state index contributed by atoms with van der Waals surface area (Å²) < 4.78 is 1.85. The molecular weight excluding hydrogens is 296 g/mol. The second kappa shape index (κ2) is 6.73. The first-order valence-corrected chi connectivity index (χ1v) is 7.53. The molecule has 22 heavy (non-hydrogen) atoms. The standard InChI is InChI=1S/C17H17ClN4/c1-13(15-3-2-8-19-11-15)20-9-14-10-21-22(12-14)17-6-4-16(18)5-7-17/h2-8,10-13,20H,9H2,1H3/t13-/m0/s1. The van der Waals surface area contributed by atoms with Gasteiger partial charge < -0.3 is 5.32 Å². The molecule has 0 amide bonds. The second-order valence-electron chi connectivity index (χ2n) is 5.16. The van der Waals surface area contributed by atoms with Gasteiger partial charge in [0.2, 0.25) is 0 Å². The molecule has 0 fully saturated rings. The van der Waals surface area contributed by atoms with Crippen LogP contribution < -0.4 is 5.32 Å². The van der Waals surface area contributed by atoms with E-state index in [9.17, 15) is 0 Å². The van der Waals surface area contributed by atoms with E-state index in [0.29, 0.717) is 0 Å². The highest BCUT2D eigenvalue weighted by molar-refractivity contribution is 6.30. The largest absolute Gasteiger partial charge is 0.306 e. The molecule has 0 saturated carbocycles. The quantitative estimate of drug-likeness (QED) is 0.780. The van der Waals surface area contributed by atoms with Gasteiger partial charge in [-0.05, 0) is 42.8 Å². The van der Waals surface area contributed by atoms with Crippen molar-refractivity contribution < 1.29 is 0 Å². The average Bonchev–Trinajstić information content (AvgIpc) is 3.03. The number of rotatable bonds is 5. The van der Waals surface area contributed by atoms with Gasteiger partial charge in [-0.25, -0.2) is 4.68 Å². The smallest absolute Gasteiger partial charge is 0.0646 e. The van der Waals surface area contributed by atoms with Crippen LogP contribution in [0.3, 0.4) is 0 Å². The number of aromatic nitrogens is 3. The summed E-state index contributed by atoms with van der Waals surface area (Å²) in [6.45, 7) is 2.88. The fourth-order valence-electron chi connectivity index (χ4n) is 2.21. The number of halogens is 1. The number of hydrogen-bond acceptors (Lipinski definition) is 3. The Morgan fingerprint density at radius 1 is 1.18 bits per heavy atom. The molecule has 0 aliphatic carbocycles. The third-order valence-corrected chi connectivity index (χ3v) is 3.78. The van der Waals surface area contributed by atoms with Crippen molar-refractivity contribution in [1.82, 2.24) is 20.1 Å². The number of nitrogens with one attached hydrogen (secondary N) is 1. The minimum atomic E-state index is 0.243. The fourth-order valence-corrected chi connectivity index (χ4v) is 2.33. The number of hydrogen-bond donors (Lipinski definition) is 1. The maximum Gasteiger partial charge on any atom is 0.0646 e. The van der Waals surface area contributed by atoms with Crippen LogP contribution in [-0.4, -0.2) is 14.8 Å². The van der Waals surface area contributed by atoms with Crippen LogP contribution in [0.15, 0.2) is 61.2 Å². The number of pyridine rings is 1. The van der Waals surface area contributed by atoms with Gasteiger partial charge in [-0.1, -0.05) is 17.7 Å². The van der Waals surface area contributed by atoms with Gasteiger partial charge in [-0.15, -0.1) is 0 Å². The van der Waals surface area contributed by atoms with Crippen molar-refractivity contribution >= 4 is 11.6 Å². The topological polar surface area (TPSA) is 42.7 Å². The van der Waals surface area contributed by atoms with Crippen LogP contribution in [0.25, 0.3) is 5.69 Å². The Balaban J connectivity index is 1.63. The molecule has 3 aromatic rings. The molecule has 0 saturated heterocycles. The lowest BCUT2D eigenvalue weighted by molar-refractivity contribution is 0.573. The van der Waals surface area contributed by atoms with Gasteiger partial charge >= 0.3 is 0 Å². The Morgan fingerprint density at radius 2 is 2.00 bits per heavy atom. The summed E-state index contributed by atoms with van der Waals surface area (Å²) in [5.41, 5.74) is 3.30. The van der Waals surface area contributed by atoms with Gasteiger partial charge in [0, 0.05) is 41.8 Å². The minimum absolute atomic E-state index is 0.243. The van der Waals surface area contributed by atoms with Gasteiger partial charge in [0.15, 0.2) is 0 Å². The molecular formula is C17H17ClN4. The normalized spacial score (nSPS) is 12.3. The molecule has 0 aliphatic rings. The Morgan fingerprint density at radius 3 is 2.73 bits per heavy atom. The van der Waals surface area contributed by atoms with Crippen LogP contribution >= 0.6 is 11.6 Å². The molecule has 0 radical (unpaired) electrons. The van der Waals surface area contributed by atoms with Crippen molar-refractivity contribution in [3.63, 3.8) is 0 Å². The van der Waals surface area contributed by atoms with Gasteiger partial charge in [-0.3, -0.25) is 4.98 Å². The molecule has 2 aromatic heterocycles. The highest BCUT2D eigenvalue weighted by Gasteiger charge is 2.06. The molecule has 0 aliphatic heterocycles. The minimum Gasteiger partial charge on any atom is -0.306 e. The van der Waals surface area contributed by atoms with E-state index in [0.717, 1.165) is 22.8 Å². The first-order chi connectivity index (χ1) is 10.7. The van der Waals surface area contributed by atoms with E-state index in [4.69, 9.17) is 11.6 Å². The molecule has 1 atom stereocenters. The summed E-state index contributed by atoms with van der Waals surface area (Å²) in [4.78, 5) is 4.14. The fraction of sp³-hybridized carbons (Fsp3) is 0.176. The van der Waals surface area contributed by atoms with Crippen molar-refractivity contribution in [3.8, 4) is 5.69 Å². The lowest BCUT2D eigenvalue weighted by atomic mass is 10.1. The summed E-state index contributed by atoms with van der Waals surface area (Å²) in [7, 11) is 0. The average molecular weight is 313 g/mol. The molecule has 4 nitrogen and oxygen atoms in total. The van der Waals surface area contributed by atoms with Gasteiger partial charge in [-0.2, -0.15) is 5.10 Å². The molecule has 0 bridgehead atoms. The van der Waals surface area contributed by atoms with E-state index in [-0.39, 0.29) is 6.04 Å². The van der Waals surface area contributed by atoms with E-state index >= 15 is 0 Å². The molecule has 1 N–H and O–H groups in total. The van der Waals surface area contributed by atoms with Crippen molar-refractivity contribution in [2.24, 2.45) is 0 Å². The Bertz CT molecular complexity index is 722.